The normalized spacial score (nSPS) is 14.1. The summed E-state index contributed by atoms with van der Waals surface area (Å²) >= 11 is 14.6. The Morgan fingerprint density at radius 1 is 1.14 bits per heavy atom. The summed E-state index contributed by atoms with van der Waals surface area (Å²) in [5.74, 6) is -0.528. The van der Waals surface area contributed by atoms with Crippen LogP contribution in [-0.4, -0.2) is 38.5 Å². The van der Waals surface area contributed by atoms with Crippen molar-refractivity contribution < 1.29 is 4.39 Å². The van der Waals surface area contributed by atoms with Crippen LogP contribution in [0.4, 0.5) is 21.5 Å². The number of hydrogen-bond acceptors (Lipinski definition) is 8. The molecule has 214 valence electrons. The van der Waals surface area contributed by atoms with E-state index in [0.717, 1.165) is 30.9 Å². The standard InChI is InChI=1S/C30H27Cl2FN8S/c1-16(2)41-13-26(38-39-41)30(22-15-42-27-14-40(3)7-6-20(22)27)37-19-8-21-28(36-18-4-5-25(33)23(31)9-18)17(11-34)12-35-29(21)24(32)10-19/h4-5,8-10,12-13,15-16,30,37H,6-7,14H2,1-3H3,(H,35,36)/t30-/m0/s1. The minimum Gasteiger partial charge on any atom is -0.373 e. The van der Waals surface area contributed by atoms with E-state index in [1.54, 1.807) is 17.4 Å². The van der Waals surface area contributed by atoms with E-state index in [0.29, 0.717) is 32.9 Å². The third-order valence-electron chi connectivity index (χ3n) is 7.38. The van der Waals surface area contributed by atoms with Crippen molar-refractivity contribution in [1.82, 2.24) is 24.9 Å². The molecule has 2 N–H and O–H groups in total. The van der Waals surface area contributed by atoms with Gasteiger partial charge in [0.05, 0.1) is 39.1 Å². The first-order valence-corrected chi connectivity index (χ1v) is 15.1. The first-order chi connectivity index (χ1) is 20.2. The molecule has 0 spiro atoms. The van der Waals surface area contributed by atoms with E-state index in [4.69, 9.17) is 23.2 Å². The topological polar surface area (TPSA) is 94.7 Å². The predicted molar refractivity (Wildman–Crippen MR) is 166 cm³/mol. The molecule has 0 saturated carbocycles. The Labute approximate surface area is 256 Å². The maximum Gasteiger partial charge on any atom is 0.141 e. The molecular formula is C30H27Cl2FN8S. The van der Waals surface area contributed by atoms with E-state index in [2.05, 4.69) is 63.2 Å². The van der Waals surface area contributed by atoms with Crippen molar-refractivity contribution in [2.45, 2.75) is 38.9 Å². The number of hydrogen-bond donors (Lipinski definition) is 2. The van der Waals surface area contributed by atoms with Gasteiger partial charge in [-0.3, -0.25) is 4.98 Å². The van der Waals surface area contributed by atoms with E-state index in [-0.39, 0.29) is 17.1 Å². The lowest BCUT2D eigenvalue weighted by molar-refractivity contribution is 0.316. The van der Waals surface area contributed by atoms with Crippen LogP contribution in [0.2, 0.25) is 10.0 Å². The minimum atomic E-state index is -0.528. The highest BCUT2D eigenvalue weighted by Crippen LogP contribution is 2.39. The van der Waals surface area contributed by atoms with Crippen molar-refractivity contribution in [3.63, 3.8) is 0 Å². The summed E-state index contributed by atoms with van der Waals surface area (Å²) in [7, 11) is 2.14. The number of nitrogens with zero attached hydrogens (tertiary/aromatic N) is 6. The molecule has 0 radical (unpaired) electrons. The zero-order valence-corrected chi connectivity index (χ0v) is 25.4. The van der Waals surface area contributed by atoms with Crippen molar-refractivity contribution in [3.05, 3.63) is 91.2 Å². The second-order valence-corrected chi connectivity index (χ2v) is 12.4. The number of benzene rings is 2. The Hall–Kier alpha value is -3.75. The molecule has 0 aliphatic carbocycles. The fraction of sp³-hybridized carbons (Fsp3) is 0.267. The first kappa shape index (κ1) is 28.4. The molecule has 5 aromatic rings. The SMILES string of the molecule is CC(C)n1cc([C@@H](Nc2cc(Cl)c3ncc(C#N)c(Nc4ccc(F)c(Cl)c4)c3c2)c2csc3c2CCN(C)C3)nn1. The van der Waals surface area contributed by atoms with Crippen molar-refractivity contribution >= 4 is 62.5 Å². The van der Waals surface area contributed by atoms with Crippen LogP contribution in [0, 0.1) is 17.1 Å². The number of likely N-dealkylation sites (N-methyl/N-ethyl adjacent to an activating group) is 1. The Kier molecular flexibility index (Phi) is 7.77. The molecule has 3 aromatic heterocycles. The number of rotatable bonds is 7. The summed E-state index contributed by atoms with van der Waals surface area (Å²) in [6.07, 6.45) is 4.39. The van der Waals surface area contributed by atoms with Crippen molar-refractivity contribution in [3.8, 4) is 6.07 Å². The van der Waals surface area contributed by atoms with Crippen LogP contribution in [-0.2, 0) is 13.0 Å². The van der Waals surface area contributed by atoms with E-state index in [1.807, 2.05) is 23.0 Å². The Balaban J connectivity index is 1.46. The van der Waals surface area contributed by atoms with Gasteiger partial charge in [-0.05, 0) is 74.2 Å². The lowest BCUT2D eigenvalue weighted by Gasteiger charge is -2.25. The Morgan fingerprint density at radius 2 is 1.95 bits per heavy atom. The molecule has 0 bridgehead atoms. The molecule has 8 nitrogen and oxygen atoms in total. The molecule has 0 saturated heterocycles. The van der Waals surface area contributed by atoms with Gasteiger partial charge in [0.2, 0.25) is 0 Å². The summed E-state index contributed by atoms with van der Waals surface area (Å²) in [5, 5.41) is 29.0. The van der Waals surface area contributed by atoms with Crippen LogP contribution < -0.4 is 10.6 Å². The monoisotopic (exact) mass is 620 g/mol. The van der Waals surface area contributed by atoms with E-state index in [9.17, 15) is 9.65 Å². The number of thiophene rings is 1. The predicted octanol–water partition coefficient (Wildman–Crippen LogP) is 7.72. The zero-order chi connectivity index (χ0) is 29.5. The van der Waals surface area contributed by atoms with Gasteiger partial charge in [-0.1, -0.05) is 28.4 Å². The van der Waals surface area contributed by atoms with E-state index >= 15 is 0 Å². The average molecular weight is 622 g/mol. The zero-order valence-electron chi connectivity index (χ0n) is 23.1. The first-order valence-electron chi connectivity index (χ1n) is 13.4. The second-order valence-electron chi connectivity index (χ2n) is 10.6. The molecule has 42 heavy (non-hydrogen) atoms. The molecule has 6 rings (SSSR count). The molecule has 0 unspecified atom stereocenters. The number of pyridine rings is 1. The highest BCUT2D eigenvalue weighted by Gasteiger charge is 2.27. The molecule has 0 fully saturated rings. The quantitative estimate of drug-likeness (QED) is 0.192. The lowest BCUT2D eigenvalue weighted by Crippen LogP contribution is -2.26. The van der Waals surface area contributed by atoms with Gasteiger partial charge in [0.1, 0.15) is 17.6 Å². The highest BCUT2D eigenvalue weighted by molar-refractivity contribution is 7.10. The molecule has 1 atom stereocenters. The third-order valence-corrected chi connectivity index (χ3v) is 8.99. The third kappa shape index (κ3) is 5.41. The largest absolute Gasteiger partial charge is 0.373 e. The summed E-state index contributed by atoms with van der Waals surface area (Å²) in [4.78, 5) is 8.14. The van der Waals surface area contributed by atoms with Crippen LogP contribution in [0.25, 0.3) is 10.9 Å². The molecular weight excluding hydrogens is 594 g/mol. The molecule has 2 aromatic carbocycles. The Bertz CT molecular complexity index is 1840. The second kappa shape index (κ2) is 11.5. The van der Waals surface area contributed by atoms with Crippen LogP contribution in [0.5, 0.6) is 0 Å². The Morgan fingerprint density at radius 3 is 2.69 bits per heavy atom. The fourth-order valence-electron chi connectivity index (χ4n) is 5.16. The van der Waals surface area contributed by atoms with Crippen molar-refractivity contribution in [2.24, 2.45) is 0 Å². The van der Waals surface area contributed by atoms with Gasteiger partial charge in [0, 0.05) is 47.0 Å². The number of nitrogens with one attached hydrogen (secondary N) is 2. The number of halogens is 3. The molecule has 0 amide bonds. The van der Waals surface area contributed by atoms with Crippen LogP contribution in [0.15, 0.2) is 48.1 Å². The smallest absolute Gasteiger partial charge is 0.141 e. The van der Waals surface area contributed by atoms with Gasteiger partial charge in [-0.15, -0.1) is 16.4 Å². The minimum absolute atomic E-state index is 0.0279. The fourth-order valence-corrected chi connectivity index (χ4v) is 6.81. The average Bonchev–Trinajstić information content (AvgIpc) is 3.62. The number of anilines is 3. The summed E-state index contributed by atoms with van der Waals surface area (Å²) in [6, 6.07) is 10.1. The molecule has 1 aliphatic heterocycles. The molecule has 1 aliphatic rings. The van der Waals surface area contributed by atoms with Gasteiger partial charge in [-0.25, -0.2) is 9.07 Å². The van der Waals surface area contributed by atoms with Gasteiger partial charge in [0.25, 0.3) is 0 Å². The van der Waals surface area contributed by atoms with Gasteiger partial charge >= 0.3 is 0 Å². The highest BCUT2D eigenvalue weighted by atomic mass is 35.5. The molecule has 12 heteroatoms. The van der Waals surface area contributed by atoms with E-state index < -0.39 is 5.82 Å². The lowest BCUT2D eigenvalue weighted by atomic mass is 9.96. The van der Waals surface area contributed by atoms with Crippen LogP contribution in [0.1, 0.15) is 53.2 Å². The summed E-state index contributed by atoms with van der Waals surface area (Å²) in [5.41, 5.74) is 5.87. The van der Waals surface area contributed by atoms with Crippen molar-refractivity contribution in [2.75, 3.05) is 24.2 Å². The maximum atomic E-state index is 13.8. The van der Waals surface area contributed by atoms with Gasteiger partial charge in [-0.2, -0.15) is 5.26 Å². The summed E-state index contributed by atoms with van der Waals surface area (Å²) < 4.78 is 15.7. The molecule has 4 heterocycles. The van der Waals surface area contributed by atoms with Crippen molar-refractivity contribution in [1.29, 1.82) is 5.26 Å². The van der Waals surface area contributed by atoms with E-state index in [1.165, 1.54) is 34.3 Å². The number of nitriles is 1. The van der Waals surface area contributed by atoms with Gasteiger partial charge in [0.15, 0.2) is 0 Å². The van der Waals surface area contributed by atoms with Crippen LogP contribution in [0.3, 0.4) is 0 Å². The summed E-state index contributed by atoms with van der Waals surface area (Å²) in [6.45, 7) is 6.02. The maximum absolute atomic E-state index is 13.8. The van der Waals surface area contributed by atoms with Gasteiger partial charge < -0.3 is 15.5 Å². The number of aromatic nitrogens is 4. The van der Waals surface area contributed by atoms with Crippen LogP contribution >= 0.6 is 34.5 Å². The number of fused-ring (bicyclic) bond motifs is 2.